The second kappa shape index (κ2) is 5.86. The first-order chi connectivity index (χ1) is 12.4. The van der Waals surface area contributed by atoms with Crippen LogP contribution < -0.4 is 14.8 Å². The zero-order valence-electron chi connectivity index (χ0n) is 15.4. The highest BCUT2D eigenvalue weighted by Gasteiger charge is 2.42. The van der Waals surface area contributed by atoms with Crippen molar-refractivity contribution in [3.63, 3.8) is 0 Å². The van der Waals surface area contributed by atoms with Gasteiger partial charge in [0.2, 0.25) is 5.95 Å². The Morgan fingerprint density at radius 2 is 2.04 bits per heavy atom. The van der Waals surface area contributed by atoms with Gasteiger partial charge in [-0.1, -0.05) is 26.0 Å². The average Bonchev–Trinajstić information content (AvgIpc) is 3.06. The molecule has 0 fully saturated rings. The minimum Gasteiger partial charge on any atom is -0.493 e. The van der Waals surface area contributed by atoms with Crippen LogP contribution in [-0.4, -0.2) is 34.8 Å². The van der Waals surface area contributed by atoms with Crippen molar-refractivity contribution in [1.29, 1.82) is 0 Å². The molecule has 0 radical (unpaired) electrons. The number of benzene rings is 1. The smallest absolute Gasteiger partial charge is 0.226 e. The van der Waals surface area contributed by atoms with Gasteiger partial charge in [-0.2, -0.15) is 10.1 Å². The molecule has 1 atom stereocenters. The summed E-state index contributed by atoms with van der Waals surface area (Å²) in [5, 5.41) is 7.67. The van der Waals surface area contributed by atoms with Gasteiger partial charge in [-0.15, -0.1) is 0 Å². The molecular formula is C19H22N4O3. The van der Waals surface area contributed by atoms with Crippen molar-refractivity contribution in [2.45, 2.75) is 32.7 Å². The van der Waals surface area contributed by atoms with Crippen LogP contribution in [-0.2, 0) is 4.79 Å². The van der Waals surface area contributed by atoms with Crippen molar-refractivity contribution in [2.75, 3.05) is 19.5 Å². The quantitative estimate of drug-likeness (QED) is 0.913. The molecule has 0 saturated heterocycles. The minimum absolute atomic E-state index is 0.0892. The maximum Gasteiger partial charge on any atom is 0.226 e. The van der Waals surface area contributed by atoms with Gasteiger partial charge in [0.1, 0.15) is 12.4 Å². The Bertz CT molecular complexity index is 913. The number of allylic oxidation sites excluding steroid dienone is 2. The fourth-order valence-electron chi connectivity index (χ4n) is 3.96. The summed E-state index contributed by atoms with van der Waals surface area (Å²) >= 11 is 0. The van der Waals surface area contributed by atoms with Gasteiger partial charge in [0.15, 0.2) is 17.3 Å². The summed E-state index contributed by atoms with van der Waals surface area (Å²) in [4.78, 5) is 17.4. The number of para-hydroxylation sites is 1. The number of rotatable bonds is 3. The van der Waals surface area contributed by atoms with E-state index in [1.54, 1.807) is 18.9 Å². The number of hydrogen-bond donors (Lipinski definition) is 1. The van der Waals surface area contributed by atoms with Crippen LogP contribution in [0, 0.1) is 5.41 Å². The van der Waals surface area contributed by atoms with Gasteiger partial charge in [-0.3, -0.25) is 4.79 Å². The van der Waals surface area contributed by atoms with Crippen molar-refractivity contribution in [2.24, 2.45) is 5.41 Å². The molecule has 136 valence electrons. The molecule has 2 aromatic rings. The largest absolute Gasteiger partial charge is 0.493 e. The molecule has 2 heterocycles. The maximum atomic E-state index is 13.1. The molecule has 0 spiro atoms. The van der Waals surface area contributed by atoms with Gasteiger partial charge < -0.3 is 14.8 Å². The number of ether oxygens (including phenoxy) is 2. The number of anilines is 1. The first-order valence-electron chi connectivity index (χ1n) is 8.59. The predicted octanol–water partition coefficient (Wildman–Crippen LogP) is 2.95. The highest BCUT2D eigenvalue weighted by atomic mass is 16.5. The molecular weight excluding hydrogens is 332 g/mol. The van der Waals surface area contributed by atoms with Crippen LogP contribution >= 0.6 is 0 Å². The lowest BCUT2D eigenvalue weighted by atomic mass is 9.73. The van der Waals surface area contributed by atoms with Gasteiger partial charge in [-0.25, -0.2) is 4.68 Å². The molecule has 1 aromatic carbocycles. The van der Waals surface area contributed by atoms with Crippen LogP contribution in [0.25, 0.3) is 0 Å². The van der Waals surface area contributed by atoms with Crippen molar-refractivity contribution in [3.8, 4) is 11.5 Å². The van der Waals surface area contributed by atoms with E-state index in [9.17, 15) is 4.79 Å². The van der Waals surface area contributed by atoms with Gasteiger partial charge in [0.05, 0.1) is 14.2 Å². The fourth-order valence-corrected chi connectivity index (χ4v) is 3.96. The number of aromatic nitrogens is 3. The minimum atomic E-state index is -0.391. The van der Waals surface area contributed by atoms with Gasteiger partial charge in [0, 0.05) is 23.3 Å². The number of carbonyl (C=O) groups excluding carboxylic acids is 1. The number of methoxy groups -OCH3 is 2. The molecule has 1 aliphatic heterocycles. The topological polar surface area (TPSA) is 78.3 Å². The summed E-state index contributed by atoms with van der Waals surface area (Å²) < 4.78 is 12.8. The summed E-state index contributed by atoms with van der Waals surface area (Å²) in [6, 6.07) is 5.29. The van der Waals surface area contributed by atoms with Gasteiger partial charge >= 0.3 is 0 Å². The summed E-state index contributed by atoms with van der Waals surface area (Å²) in [7, 11) is 3.20. The maximum absolute atomic E-state index is 13.1. The highest BCUT2D eigenvalue weighted by molar-refractivity contribution is 6.00. The molecule has 1 aromatic heterocycles. The Morgan fingerprint density at radius 1 is 1.23 bits per heavy atom. The normalized spacial score (nSPS) is 20.9. The number of nitrogens with zero attached hydrogens (tertiary/aromatic N) is 3. The van der Waals surface area contributed by atoms with E-state index in [4.69, 9.17) is 9.47 Å². The highest BCUT2D eigenvalue weighted by Crippen LogP contribution is 2.48. The third kappa shape index (κ3) is 2.46. The lowest BCUT2D eigenvalue weighted by Crippen LogP contribution is -2.36. The molecule has 7 heteroatoms. The third-order valence-corrected chi connectivity index (χ3v) is 5.00. The summed E-state index contributed by atoms with van der Waals surface area (Å²) in [5.41, 5.74) is 2.39. The Hall–Kier alpha value is -2.83. The van der Waals surface area contributed by atoms with Crippen LogP contribution in [0.1, 0.15) is 38.3 Å². The number of hydrogen-bond acceptors (Lipinski definition) is 6. The van der Waals surface area contributed by atoms with Crippen molar-refractivity contribution in [1.82, 2.24) is 14.8 Å². The molecule has 0 saturated carbocycles. The summed E-state index contributed by atoms with van der Waals surface area (Å²) in [6.07, 6.45) is 2.78. The monoisotopic (exact) mass is 354 g/mol. The summed E-state index contributed by atoms with van der Waals surface area (Å²) in [6.45, 7) is 4.22. The fraction of sp³-hybridized carbons (Fsp3) is 0.421. The van der Waals surface area contributed by atoms with E-state index in [1.807, 2.05) is 18.2 Å². The lowest BCUT2D eigenvalue weighted by molar-refractivity contribution is -0.118. The molecule has 1 aliphatic carbocycles. The number of nitrogens with one attached hydrogen (secondary N) is 1. The van der Waals surface area contributed by atoms with Crippen molar-refractivity contribution in [3.05, 3.63) is 41.4 Å². The van der Waals surface area contributed by atoms with E-state index in [-0.39, 0.29) is 11.2 Å². The number of carbonyl (C=O) groups is 1. The number of fused-ring (bicyclic) bond motifs is 1. The Morgan fingerprint density at radius 3 is 2.77 bits per heavy atom. The van der Waals surface area contributed by atoms with E-state index < -0.39 is 6.04 Å². The molecule has 7 nitrogen and oxygen atoms in total. The average molecular weight is 354 g/mol. The number of Topliss-reactive ketones (excluding diaryl/α,β-unsaturated/α-hetero) is 1. The van der Waals surface area contributed by atoms with Crippen LogP contribution in [0.4, 0.5) is 5.95 Å². The Balaban J connectivity index is 1.95. The van der Waals surface area contributed by atoms with E-state index >= 15 is 0 Å². The van der Waals surface area contributed by atoms with E-state index in [1.165, 1.54) is 6.33 Å². The first kappa shape index (κ1) is 16.6. The Labute approximate surface area is 152 Å². The molecule has 0 unspecified atom stereocenters. The zero-order valence-corrected chi connectivity index (χ0v) is 15.4. The zero-order chi connectivity index (χ0) is 18.5. The lowest BCUT2D eigenvalue weighted by Gasteiger charge is -2.38. The molecule has 0 bridgehead atoms. The Kier molecular flexibility index (Phi) is 3.75. The summed E-state index contributed by atoms with van der Waals surface area (Å²) in [5.74, 6) is 1.98. The molecule has 1 N–H and O–H groups in total. The molecule has 2 aliphatic rings. The predicted molar refractivity (Wildman–Crippen MR) is 96.4 cm³/mol. The second-order valence-corrected chi connectivity index (χ2v) is 7.47. The molecule has 0 amide bonds. The third-order valence-electron chi connectivity index (χ3n) is 5.00. The van der Waals surface area contributed by atoms with Crippen LogP contribution in [0.5, 0.6) is 11.5 Å². The van der Waals surface area contributed by atoms with Crippen molar-refractivity contribution >= 4 is 11.7 Å². The van der Waals surface area contributed by atoms with Gasteiger partial charge in [-0.05, 0) is 17.9 Å². The van der Waals surface area contributed by atoms with E-state index in [0.29, 0.717) is 23.9 Å². The van der Waals surface area contributed by atoms with Crippen LogP contribution in [0.15, 0.2) is 35.8 Å². The number of ketones is 1. The SMILES string of the molecule is COc1cccc([C@@H]2C3=C(CC(C)(C)CC3=O)Nc3ncnn32)c1OC. The van der Waals surface area contributed by atoms with E-state index in [2.05, 4.69) is 29.2 Å². The van der Waals surface area contributed by atoms with Gasteiger partial charge in [0.25, 0.3) is 0 Å². The van der Waals surface area contributed by atoms with E-state index in [0.717, 1.165) is 23.3 Å². The second-order valence-electron chi connectivity index (χ2n) is 7.47. The molecule has 26 heavy (non-hydrogen) atoms. The van der Waals surface area contributed by atoms with Crippen LogP contribution in [0.2, 0.25) is 0 Å². The standard InChI is InChI=1S/C19H22N4O3/c1-19(2)8-12-15(13(24)9-19)16(23-18(22-12)20-10-21-23)11-6-5-7-14(25-3)17(11)26-4/h5-7,10,16H,8-9H2,1-4H3,(H,20,21,22)/t16-/m1/s1. The van der Waals surface area contributed by atoms with Crippen LogP contribution in [0.3, 0.4) is 0 Å². The van der Waals surface area contributed by atoms with Crippen molar-refractivity contribution < 1.29 is 14.3 Å². The molecule has 4 rings (SSSR count). The first-order valence-corrected chi connectivity index (χ1v) is 8.59.